The van der Waals surface area contributed by atoms with Crippen molar-refractivity contribution >= 4 is 0 Å². The molecule has 1 aromatic carbocycles. The van der Waals surface area contributed by atoms with Gasteiger partial charge < -0.3 is 9.88 Å². The molecule has 1 N–H and O–H groups in total. The summed E-state index contributed by atoms with van der Waals surface area (Å²) in [7, 11) is 0. The lowest BCUT2D eigenvalue weighted by Crippen LogP contribution is -2.23. The van der Waals surface area contributed by atoms with Crippen LogP contribution in [0.25, 0.3) is 0 Å². The van der Waals surface area contributed by atoms with Crippen molar-refractivity contribution in [3.63, 3.8) is 0 Å². The third kappa shape index (κ3) is 3.67. The molecule has 2 aromatic rings. The highest BCUT2D eigenvalue weighted by Gasteiger charge is 2.05. The van der Waals surface area contributed by atoms with E-state index in [1.165, 1.54) is 11.8 Å². The Bertz CT molecular complexity index is 543. The topological polar surface area (TPSA) is 17.0 Å². The Kier molecular flexibility index (Phi) is 4.38. The minimum Gasteiger partial charge on any atom is -0.346 e. The fraction of sp³-hybridized carbons (Fsp3) is 0.375. The van der Waals surface area contributed by atoms with Crippen molar-refractivity contribution in [3.05, 3.63) is 59.2 Å². The zero-order valence-corrected chi connectivity index (χ0v) is 11.8. The normalized spacial score (nSPS) is 11.2. The highest BCUT2D eigenvalue weighted by molar-refractivity contribution is 5.27. The maximum absolute atomic E-state index is 13.3. The molecule has 2 rings (SSSR count). The summed E-state index contributed by atoms with van der Waals surface area (Å²) in [5.41, 5.74) is 3.37. The Labute approximate surface area is 114 Å². The molecule has 19 heavy (non-hydrogen) atoms. The van der Waals surface area contributed by atoms with E-state index in [4.69, 9.17) is 0 Å². The van der Waals surface area contributed by atoms with Gasteiger partial charge in [0.1, 0.15) is 5.82 Å². The van der Waals surface area contributed by atoms with Crippen LogP contribution >= 0.6 is 0 Å². The molecule has 102 valence electrons. The van der Waals surface area contributed by atoms with E-state index in [9.17, 15) is 4.39 Å². The second-order valence-corrected chi connectivity index (χ2v) is 5.23. The molecule has 0 aliphatic rings. The Morgan fingerprint density at radius 1 is 1.26 bits per heavy atom. The largest absolute Gasteiger partial charge is 0.346 e. The molecule has 0 unspecified atom stereocenters. The van der Waals surface area contributed by atoms with Crippen LogP contribution in [0.15, 0.2) is 36.5 Å². The molecule has 0 spiro atoms. The predicted octanol–water partition coefficient (Wildman–Crippen LogP) is 3.48. The number of nitrogens with one attached hydrogen (secondary N) is 1. The first-order valence-corrected chi connectivity index (χ1v) is 6.68. The lowest BCUT2D eigenvalue weighted by molar-refractivity contribution is 0.563. The van der Waals surface area contributed by atoms with Gasteiger partial charge in [-0.25, -0.2) is 4.39 Å². The van der Waals surface area contributed by atoms with Crippen LogP contribution in [0.1, 0.15) is 30.7 Å². The summed E-state index contributed by atoms with van der Waals surface area (Å²) in [4.78, 5) is 0. The quantitative estimate of drug-likeness (QED) is 0.871. The molecule has 0 saturated heterocycles. The Morgan fingerprint density at radius 2 is 2.05 bits per heavy atom. The molecule has 3 heteroatoms. The van der Waals surface area contributed by atoms with Gasteiger partial charge in [0.05, 0.1) is 0 Å². The summed E-state index contributed by atoms with van der Waals surface area (Å²) in [6.07, 6.45) is 2.04. The number of rotatable bonds is 5. The number of aryl methyl sites for hydroxylation is 1. The van der Waals surface area contributed by atoms with E-state index in [1.807, 2.05) is 25.3 Å². The Morgan fingerprint density at radius 3 is 2.79 bits per heavy atom. The molecular formula is C16H21FN2. The summed E-state index contributed by atoms with van der Waals surface area (Å²) in [6, 6.07) is 9.56. The average molecular weight is 260 g/mol. The lowest BCUT2D eigenvalue weighted by atomic mass is 10.1. The van der Waals surface area contributed by atoms with E-state index in [0.29, 0.717) is 12.6 Å². The minimum absolute atomic E-state index is 0.172. The first kappa shape index (κ1) is 13.8. The summed E-state index contributed by atoms with van der Waals surface area (Å²) in [5, 5.41) is 3.41. The number of benzene rings is 1. The number of nitrogens with zero attached hydrogens (tertiary/aromatic N) is 1. The van der Waals surface area contributed by atoms with Crippen LogP contribution in [0.4, 0.5) is 4.39 Å². The number of aromatic nitrogens is 1. The maximum atomic E-state index is 13.3. The van der Waals surface area contributed by atoms with E-state index in [0.717, 1.165) is 17.7 Å². The van der Waals surface area contributed by atoms with Crippen molar-refractivity contribution < 1.29 is 4.39 Å². The summed E-state index contributed by atoms with van der Waals surface area (Å²) in [5.74, 6) is -0.172. The third-order valence-electron chi connectivity index (χ3n) is 3.27. The van der Waals surface area contributed by atoms with Crippen LogP contribution in [0.5, 0.6) is 0 Å². The number of halogens is 1. The van der Waals surface area contributed by atoms with Crippen LogP contribution in [0.3, 0.4) is 0 Å². The van der Waals surface area contributed by atoms with Gasteiger partial charge in [0.2, 0.25) is 0 Å². The zero-order valence-electron chi connectivity index (χ0n) is 11.8. The lowest BCUT2D eigenvalue weighted by Gasteiger charge is -2.13. The van der Waals surface area contributed by atoms with Crippen molar-refractivity contribution in [1.29, 1.82) is 0 Å². The van der Waals surface area contributed by atoms with Crippen LogP contribution in [0, 0.1) is 12.7 Å². The van der Waals surface area contributed by atoms with E-state index in [2.05, 4.69) is 29.8 Å². The Hall–Kier alpha value is -1.61. The average Bonchev–Trinajstić information content (AvgIpc) is 2.79. The standard InChI is InChI=1S/C16H21FN2/c1-12(2)18-10-16-5-4-8-19(16)11-14-9-15(17)7-6-13(14)3/h4-9,12,18H,10-11H2,1-3H3. The molecule has 0 atom stereocenters. The molecule has 1 heterocycles. The smallest absolute Gasteiger partial charge is 0.123 e. The molecule has 0 aliphatic heterocycles. The van der Waals surface area contributed by atoms with Gasteiger partial charge in [-0.2, -0.15) is 0 Å². The molecule has 0 fully saturated rings. The Balaban J connectivity index is 2.15. The van der Waals surface area contributed by atoms with Crippen LogP contribution in [-0.4, -0.2) is 10.6 Å². The summed E-state index contributed by atoms with van der Waals surface area (Å²) >= 11 is 0. The fourth-order valence-corrected chi connectivity index (χ4v) is 2.07. The van der Waals surface area contributed by atoms with Crippen LogP contribution in [-0.2, 0) is 13.1 Å². The second kappa shape index (κ2) is 6.02. The first-order chi connectivity index (χ1) is 9.06. The molecule has 1 aromatic heterocycles. The number of hydrogen-bond donors (Lipinski definition) is 1. The summed E-state index contributed by atoms with van der Waals surface area (Å²) < 4.78 is 15.5. The van der Waals surface area contributed by atoms with Crippen molar-refractivity contribution in [1.82, 2.24) is 9.88 Å². The number of hydrogen-bond acceptors (Lipinski definition) is 1. The van der Waals surface area contributed by atoms with Crippen LogP contribution in [0.2, 0.25) is 0 Å². The predicted molar refractivity (Wildman–Crippen MR) is 76.6 cm³/mol. The van der Waals surface area contributed by atoms with Gasteiger partial charge in [0.15, 0.2) is 0 Å². The fourth-order valence-electron chi connectivity index (χ4n) is 2.07. The SMILES string of the molecule is Cc1ccc(F)cc1Cn1cccc1CNC(C)C. The molecular weight excluding hydrogens is 239 g/mol. The zero-order chi connectivity index (χ0) is 13.8. The molecule has 2 nitrogen and oxygen atoms in total. The highest BCUT2D eigenvalue weighted by atomic mass is 19.1. The van der Waals surface area contributed by atoms with Gasteiger partial charge in [-0.15, -0.1) is 0 Å². The van der Waals surface area contributed by atoms with Crippen molar-refractivity contribution in [2.45, 2.75) is 39.9 Å². The monoisotopic (exact) mass is 260 g/mol. The van der Waals surface area contributed by atoms with Crippen molar-refractivity contribution in [2.24, 2.45) is 0 Å². The second-order valence-electron chi connectivity index (χ2n) is 5.23. The van der Waals surface area contributed by atoms with E-state index in [1.54, 1.807) is 6.07 Å². The van der Waals surface area contributed by atoms with Crippen molar-refractivity contribution in [3.8, 4) is 0 Å². The summed E-state index contributed by atoms with van der Waals surface area (Å²) in [6.45, 7) is 7.82. The highest BCUT2D eigenvalue weighted by Crippen LogP contribution is 2.14. The molecule has 0 saturated carbocycles. The van der Waals surface area contributed by atoms with Crippen molar-refractivity contribution in [2.75, 3.05) is 0 Å². The third-order valence-corrected chi connectivity index (χ3v) is 3.27. The van der Waals surface area contributed by atoms with Gasteiger partial charge in [-0.3, -0.25) is 0 Å². The maximum Gasteiger partial charge on any atom is 0.123 e. The molecule has 0 amide bonds. The molecule has 0 radical (unpaired) electrons. The molecule has 0 bridgehead atoms. The van der Waals surface area contributed by atoms with E-state index >= 15 is 0 Å². The van der Waals surface area contributed by atoms with Gasteiger partial charge in [0, 0.05) is 31.0 Å². The van der Waals surface area contributed by atoms with Gasteiger partial charge in [0.25, 0.3) is 0 Å². The van der Waals surface area contributed by atoms with Crippen LogP contribution < -0.4 is 5.32 Å². The van der Waals surface area contributed by atoms with Gasteiger partial charge in [-0.1, -0.05) is 19.9 Å². The van der Waals surface area contributed by atoms with Gasteiger partial charge >= 0.3 is 0 Å². The first-order valence-electron chi connectivity index (χ1n) is 6.68. The van der Waals surface area contributed by atoms with E-state index < -0.39 is 0 Å². The van der Waals surface area contributed by atoms with Gasteiger partial charge in [-0.05, 0) is 42.3 Å². The molecule has 0 aliphatic carbocycles. The van der Waals surface area contributed by atoms with E-state index in [-0.39, 0.29) is 5.82 Å². The minimum atomic E-state index is -0.172.